The second kappa shape index (κ2) is 7.11. The highest BCUT2D eigenvalue weighted by molar-refractivity contribution is 8.05. The van der Waals surface area contributed by atoms with Crippen LogP contribution >= 0.6 is 11.8 Å². The smallest absolute Gasteiger partial charge is 0.260 e. The van der Waals surface area contributed by atoms with E-state index in [2.05, 4.69) is 10.6 Å². The lowest BCUT2D eigenvalue weighted by molar-refractivity contribution is -0.116. The number of furan rings is 1. The van der Waals surface area contributed by atoms with E-state index in [1.54, 1.807) is 25.5 Å². The van der Waals surface area contributed by atoms with Gasteiger partial charge in [-0.05, 0) is 48.6 Å². The van der Waals surface area contributed by atoms with Crippen LogP contribution in [-0.2, 0) is 4.79 Å². The van der Waals surface area contributed by atoms with Crippen LogP contribution in [0.15, 0.2) is 64.1 Å². The number of benzene rings is 1. The topological polar surface area (TPSA) is 63.5 Å². The molecule has 1 atom stereocenters. The van der Waals surface area contributed by atoms with Crippen molar-refractivity contribution in [3.8, 4) is 5.75 Å². The van der Waals surface area contributed by atoms with Crippen molar-refractivity contribution in [3.63, 3.8) is 0 Å². The van der Waals surface area contributed by atoms with E-state index in [4.69, 9.17) is 9.15 Å². The predicted molar refractivity (Wildman–Crippen MR) is 92.0 cm³/mol. The summed E-state index contributed by atoms with van der Waals surface area (Å²) in [4.78, 5) is 12.6. The average Bonchev–Trinajstić information content (AvgIpc) is 3.19. The molecule has 6 heteroatoms. The van der Waals surface area contributed by atoms with Crippen LogP contribution in [0.1, 0.15) is 5.76 Å². The van der Waals surface area contributed by atoms with Crippen molar-refractivity contribution >= 4 is 29.4 Å². The molecule has 23 heavy (non-hydrogen) atoms. The molecule has 0 bridgehead atoms. The van der Waals surface area contributed by atoms with Gasteiger partial charge in [-0.2, -0.15) is 0 Å². The van der Waals surface area contributed by atoms with E-state index >= 15 is 0 Å². The average molecular weight is 328 g/mol. The molecule has 1 fully saturated rings. The summed E-state index contributed by atoms with van der Waals surface area (Å²) in [6, 6.07) is 11.2. The fourth-order valence-electron chi connectivity index (χ4n) is 2.04. The number of carbonyl (C=O) groups excluding carboxylic acids is 1. The van der Waals surface area contributed by atoms with Crippen LogP contribution in [0, 0.1) is 0 Å². The molecule has 1 aromatic heterocycles. The van der Waals surface area contributed by atoms with Crippen molar-refractivity contribution in [1.82, 2.24) is 5.32 Å². The van der Waals surface area contributed by atoms with Gasteiger partial charge in [0, 0.05) is 5.69 Å². The first-order valence-electron chi connectivity index (χ1n) is 7.04. The largest absolute Gasteiger partial charge is 0.497 e. The molecule has 1 aliphatic rings. The number of ether oxygens (including phenoxy) is 1. The number of nitrogens with one attached hydrogen (secondary N) is 2. The van der Waals surface area contributed by atoms with Gasteiger partial charge in [0.1, 0.15) is 11.5 Å². The molecule has 0 saturated carbocycles. The molecule has 118 valence electrons. The molecule has 0 spiro atoms. The highest BCUT2D eigenvalue weighted by Crippen LogP contribution is 2.29. The van der Waals surface area contributed by atoms with Crippen LogP contribution in [0.4, 0.5) is 5.69 Å². The minimum absolute atomic E-state index is 0.0925. The summed E-state index contributed by atoms with van der Waals surface area (Å²) < 4.78 is 10.3. The Morgan fingerprint density at radius 2 is 2.13 bits per heavy atom. The molecule has 1 aromatic carbocycles. The minimum Gasteiger partial charge on any atom is -0.497 e. The Labute approximate surface area is 138 Å². The molecule has 1 amide bonds. The quantitative estimate of drug-likeness (QED) is 0.823. The van der Waals surface area contributed by atoms with Crippen LogP contribution in [0.25, 0.3) is 6.08 Å². The maximum absolute atomic E-state index is 12.0. The van der Waals surface area contributed by atoms with Gasteiger partial charge in [0.15, 0.2) is 5.50 Å². The number of carbonyl (C=O) groups is 1. The van der Waals surface area contributed by atoms with E-state index in [0.717, 1.165) is 17.2 Å². The number of rotatable bonds is 5. The SMILES string of the molecule is COc1ccc(NC2NC(=O)/C(=C\C=C\c3ccco3)S2)cc1. The van der Waals surface area contributed by atoms with E-state index in [9.17, 15) is 4.79 Å². The third-order valence-electron chi connectivity index (χ3n) is 3.17. The molecule has 1 aliphatic heterocycles. The number of methoxy groups -OCH3 is 1. The van der Waals surface area contributed by atoms with Crippen LogP contribution < -0.4 is 15.4 Å². The van der Waals surface area contributed by atoms with Gasteiger partial charge in [0.05, 0.1) is 18.3 Å². The van der Waals surface area contributed by atoms with Crippen molar-refractivity contribution < 1.29 is 13.9 Å². The minimum atomic E-state index is -0.195. The Morgan fingerprint density at radius 3 is 2.83 bits per heavy atom. The highest BCUT2D eigenvalue weighted by Gasteiger charge is 2.26. The van der Waals surface area contributed by atoms with E-state index in [0.29, 0.717) is 4.91 Å². The number of thioether (sulfide) groups is 1. The zero-order valence-electron chi connectivity index (χ0n) is 12.5. The van der Waals surface area contributed by atoms with E-state index in [1.165, 1.54) is 11.8 Å². The summed E-state index contributed by atoms with van der Waals surface area (Å²) in [5.41, 5.74) is 0.718. The molecular formula is C17H16N2O3S. The monoisotopic (exact) mass is 328 g/mol. The first kappa shape index (κ1) is 15.3. The van der Waals surface area contributed by atoms with Crippen molar-refractivity contribution in [2.75, 3.05) is 12.4 Å². The summed E-state index contributed by atoms with van der Waals surface area (Å²) in [6.07, 6.45) is 7.00. The van der Waals surface area contributed by atoms with Gasteiger partial charge in [-0.1, -0.05) is 17.8 Å². The molecule has 2 aromatic rings. The Hall–Kier alpha value is -2.60. The molecule has 0 radical (unpaired) electrons. The molecule has 1 saturated heterocycles. The standard InChI is InChI=1S/C17H16N2O3S/c1-21-13-9-7-12(8-10-13)18-17-19-16(20)15(23-17)6-2-4-14-5-3-11-22-14/h2-11,17-18H,1H3,(H,19,20)/b4-2+,15-6+. The summed E-state index contributed by atoms with van der Waals surface area (Å²) in [5.74, 6) is 1.45. The van der Waals surface area contributed by atoms with E-state index in [-0.39, 0.29) is 11.4 Å². The molecule has 3 rings (SSSR count). The third-order valence-corrected chi connectivity index (χ3v) is 4.22. The first-order valence-corrected chi connectivity index (χ1v) is 7.92. The van der Waals surface area contributed by atoms with Gasteiger partial charge < -0.3 is 19.8 Å². The molecule has 2 heterocycles. The highest BCUT2D eigenvalue weighted by atomic mass is 32.2. The fraction of sp³-hybridized carbons (Fsp3) is 0.118. The lowest BCUT2D eigenvalue weighted by Gasteiger charge is -2.12. The lowest BCUT2D eigenvalue weighted by Crippen LogP contribution is -2.30. The van der Waals surface area contributed by atoms with Gasteiger partial charge in [-0.25, -0.2) is 0 Å². The maximum atomic E-state index is 12.0. The predicted octanol–water partition coefficient (Wildman–Crippen LogP) is 3.44. The summed E-state index contributed by atoms with van der Waals surface area (Å²) in [5, 5.41) is 6.13. The first-order chi connectivity index (χ1) is 11.2. The van der Waals surface area contributed by atoms with Crippen LogP contribution in [0.3, 0.4) is 0 Å². The van der Waals surface area contributed by atoms with Gasteiger partial charge in [-0.3, -0.25) is 4.79 Å². The zero-order valence-corrected chi connectivity index (χ0v) is 13.3. The zero-order chi connectivity index (χ0) is 16.1. The van der Waals surface area contributed by atoms with E-state index < -0.39 is 0 Å². The number of allylic oxidation sites excluding steroid dienone is 2. The summed E-state index contributed by atoms with van der Waals surface area (Å²) in [6.45, 7) is 0. The fourth-order valence-corrected chi connectivity index (χ4v) is 2.97. The number of amides is 1. The Morgan fingerprint density at radius 1 is 1.30 bits per heavy atom. The maximum Gasteiger partial charge on any atom is 0.260 e. The van der Waals surface area contributed by atoms with E-state index in [1.807, 2.05) is 42.5 Å². The van der Waals surface area contributed by atoms with Crippen molar-refractivity contribution in [1.29, 1.82) is 0 Å². The number of anilines is 1. The lowest BCUT2D eigenvalue weighted by atomic mass is 10.3. The summed E-state index contributed by atoms with van der Waals surface area (Å²) in [7, 11) is 1.63. The molecular weight excluding hydrogens is 312 g/mol. The summed E-state index contributed by atoms with van der Waals surface area (Å²) >= 11 is 1.44. The molecule has 2 N–H and O–H groups in total. The van der Waals surface area contributed by atoms with Crippen molar-refractivity contribution in [2.45, 2.75) is 5.50 Å². The molecule has 0 aliphatic carbocycles. The van der Waals surface area contributed by atoms with Gasteiger partial charge in [0.25, 0.3) is 5.91 Å². The molecule has 1 unspecified atom stereocenters. The van der Waals surface area contributed by atoms with Crippen LogP contribution in [-0.4, -0.2) is 18.5 Å². The van der Waals surface area contributed by atoms with Crippen LogP contribution in [0.2, 0.25) is 0 Å². The Kier molecular flexibility index (Phi) is 4.73. The van der Waals surface area contributed by atoms with Gasteiger partial charge in [-0.15, -0.1) is 0 Å². The third kappa shape index (κ3) is 3.98. The molecule has 5 nitrogen and oxygen atoms in total. The van der Waals surface area contributed by atoms with Crippen LogP contribution in [0.5, 0.6) is 5.75 Å². The second-order valence-electron chi connectivity index (χ2n) is 4.75. The van der Waals surface area contributed by atoms with Crippen molar-refractivity contribution in [3.05, 3.63) is 65.5 Å². The van der Waals surface area contributed by atoms with Gasteiger partial charge in [0.2, 0.25) is 0 Å². The second-order valence-corrected chi connectivity index (χ2v) is 5.90. The number of hydrogen-bond acceptors (Lipinski definition) is 5. The van der Waals surface area contributed by atoms with Crippen molar-refractivity contribution in [2.24, 2.45) is 0 Å². The Balaban J connectivity index is 1.60. The number of hydrogen-bond donors (Lipinski definition) is 2. The Bertz CT molecular complexity index is 721. The normalized spacial score (nSPS) is 19.3. The van der Waals surface area contributed by atoms with Gasteiger partial charge >= 0.3 is 0 Å².